The Bertz CT molecular complexity index is 2630. The monoisotopic (exact) mass is 599 g/mol. The normalized spacial score (nSPS) is 13.8. The third-order valence-corrected chi connectivity index (χ3v) is 10.4. The van der Waals surface area contributed by atoms with Gasteiger partial charge in [-0.1, -0.05) is 122 Å². The smallest absolute Gasteiger partial charge is 0.0937 e. The Labute approximate surface area is 272 Å². The minimum atomic E-state index is -0.485. The van der Waals surface area contributed by atoms with Gasteiger partial charge < -0.3 is 10.3 Å². The molecule has 1 spiro atoms. The maximum Gasteiger partial charge on any atom is 0.0937 e. The minimum absolute atomic E-state index is 0.485. The van der Waals surface area contributed by atoms with Gasteiger partial charge in [-0.25, -0.2) is 0 Å². The van der Waals surface area contributed by atoms with E-state index in [4.69, 9.17) is 5.73 Å². The first-order valence-corrected chi connectivity index (χ1v) is 16.0. The molecule has 0 saturated carbocycles. The van der Waals surface area contributed by atoms with Crippen molar-refractivity contribution in [1.29, 1.82) is 0 Å². The van der Waals surface area contributed by atoms with Crippen LogP contribution >= 0.6 is 0 Å². The van der Waals surface area contributed by atoms with E-state index in [9.17, 15) is 0 Å². The molecule has 1 aliphatic carbocycles. The number of nitrogens with two attached hydrogens (primary N) is 1. The zero-order valence-corrected chi connectivity index (χ0v) is 25.6. The Hall–Kier alpha value is -6.19. The standard InChI is InChI=1S/C44H29N3/c1-27(20-21-28-22-23-29-11-10-24-46-42(29)41(28)45)30-25-34-33-14-4-8-18-39(33)47-40-19-9-7-17-37(40)44(38(26-30)43(34)47)35-15-5-2-12-31(35)32-13-3-6-16-36(32)44/h2-26H,1,45H2/b21-20-. The first-order chi connectivity index (χ1) is 23.2. The number of benzene rings is 6. The Morgan fingerprint density at radius 3 is 2.19 bits per heavy atom. The van der Waals surface area contributed by atoms with Crippen molar-refractivity contribution >= 4 is 50.0 Å². The number of pyridine rings is 1. The molecule has 47 heavy (non-hydrogen) atoms. The zero-order chi connectivity index (χ0) is 31.3. The molecular formula is C44H29N3. The van der Waals surface area contributed by atoms with E-state index in [-0.39, 0.29) is 0 Å². The maximum atomic E-state index is 6.60. The molecule has 0 fully saturated rings. The highest BCUT2D eigenvalue weighted by atomic mass is 15.0. The SMILES string of the molecule is C=C(/C=C\c1ccc2cccnc2c1N)c1cc2c3c(c1)c1ccccc1n3-c1ccccc1C21c2ccccc2-c2ccccc21. The van der Waals surface area contributed by atoms with Gasteiger partial charge in [0, 0.05) is 22.4 Å². The van der Waals surface area contributed by atoms with Crippen LogP contribution < -0.4 is 5.73 Å². The third-order valence-electron chi connectivity index (χ3n) is 10.4. The van der Waals surface area contributed by atoms with Crippen molar-refractivity contribution in [3.8, 4) is 16.8 Å². The van der Waals surface area contributed by atoms with Gasteiger partial charge in [-0.3, -0.25) is 4.98 Å². The number of nitrogen functional groups attached to an aromatic ring is 1. The number of hydrogen-bond acceptors (Lipinski definition) is 2. The lowest BCUT2D eigenvalue weighted by Crippen LogP contribution is -2.33. The van der Waals surface area contributed by atoms with E-state index in [1.54, 1.807) is 6.20 Å². The summed E-state index contributed by atoms with van der Waals surface area (Å²) in [4.78, 5) is 4.53. The molecule has 2 N–H and O–H groups in total. The molecule has 220 valence electrons. The molecule has 0 amide bonds. The van der Waals surface area contributed by atoms with Gasteiger partial charge in [0.15, 0.2) is 0 Å². The van der Waals surface area contributed by atoms with Gasteiger partial charge in [0.05, 0.1) is 33.3 Å². The lowest BCUT2D eigenvalue weighted by atomic mass is 9.65. The predicted octanol–water partition coefficient (Wildman–Crippen LogP) is 10.3. The molecule has 0 unspecified atom stereocenters. The summed E-state index contributed by atoms with van der Waals surface area (Å²) in [7, 11) is 0. The van der Waals surface area contributed by atoms with Crippen molar-refractivity contribution in [2.75, 3.05) is 5.73 Å². The molecule has 3 heterocycles. The highest BCUT2D eigenvalue weighted by molar-refractivity contribution is 6.14. The van der Waals surface area contributed by atoms with E-state index in [0.29, 0.717) is 5.69 Å². The van der Waals surface area contributed by atoms with Gasteiger partial charge in [-0.2, -0.15) is 0 Å². The van der Waals surface area contributed by atoms with Crippen molar-refractivity contribution in [2.24, 2.45) is 0 Å². The van der Waals surface area contributed by atoms with Crippen molar-refractivity contribution in [1.82, 2.24) is 9.55 Å². The summed E-state index contributed by atoms with van der Waals surface area (Å²) in [6.45, 7) is 4.62. The molecule has 0 radical (unpaired) electrons. The minimum Gasteiger partial charge on any atom is -0.396 e. The van der Waals surface area contributed by atoms with Crippen LogP contribution in [0.5, 0.6) is 0 Å². The Kier molecular flexibility index (Phi) is 5.22. The second-order valence-corrected chi connectivity index (χ2v) is 12.6. The van der Waals surface area contributed by atoms with Crippen LogP contribution in [-0.2, 0) is 5.41 Å². The fourth-order valence-corrected chi connectivity index (χ4v) is 8.38. The lowest BCUT2D eigenvalue weighted by molar-refractivity contribution is 0.748. The first-order valence-electron chi connectivity index (χ1n) is 16.0. The van der Waals surface area contributed by atoms with Crippen LogP contribution in [0.15, 0.2) is 152 Å². The van der Waals surface area contributed by atoms with Gasteiger partial charge in [0.2, 0.25) is 0 Å². The van der Waals surface area contributed by atoms with E-state index in [1.807, 2.05) is 12.1 Å². The van der Waals surface area contributed by atoms with Crippen molar-refractivity contribution in [2.45, 2.75) is 5.41 Å². The summed E-state index contributed by atoms with van der Waals surface area (Å²) >= 11 is 0. The Morgan fingerprint density at radius 2 is 1.38 bits per heavy atom. The molecule has 1 aliphatic heterocycles. The second-order valence-electron chi connectivity index (χ2n) is 12.6. The summed E-state index contributed by atoms with van der Waals surface area (Å²) in [5.74, 6) is 0. The highest BCUT2D eigenvalue weighted by Gasteiger charge is 2.50. The number of nitrogens with zero attached hydrogens (tertiary/aromatic N) is 2. The fraction of sp³-hybridized carbons (Fsp3) is 0.0227. The summed E-state index contributed by atoms with van der Waals surface area (Å²) in [5.41, 5.74) is 22.0. The van der Waals surface area contributed by atoms with Crippen LogP contribution in [0.1, 0.15) is 33.4 Å². The molecule has 0 bridgehead atoms. The number of anilines is 1. The third kappa shape index (κ3) is 3.33. The molecular weight excluding hydrogens is 571 g/mol. The molecule has 3 heteroatoms. The fourth-order valence-electron chi connectivity index (χ4n) is 8.38. The summed E-state index contributed by atoms with van der Waals surface area (Å²) in [6.07, 6.45) is 5.94. The Balaban J connectivity index is 1.28. The molecule has 8 aromatic rings. The number of hydrogen-bond donors (Lipinski definition) is 1. The van der Waals surface area contributed by atoms with E-state index in [2.05, 4.69) is 150 Å². The summed E-state index contributed by atoms with van der Waals surface area (Å²) < 4.78 is 2.48. The molecule has 6 aromatic carbocycles. The van der Waals surface area contributed by atoms with E-state index in [1.165, 1.54) is 60.9 Å². The number of rotatable bonds is 3. The average molecular weight is 600 g/mol. The van der Waals surface area contributed by atoms with Gasteiger partial charge in [-0.15, -0.1) is 0 Å². The molecule has 2 aromatic heterocycles. The highest BCUT2D eigenvalue weighted by Crippen LogP contribution is 2.61. The number of aromatic nitrogens is 2. The van der Waals surface area contributed by atoms with Gasteiger partial charge in [-0.05, 0) is 80.4 Å². The molecule has 3 nitrogen and oxygen atoms in total. The summed E-state index contributed by atoms with van der Waals surface area (Å²) in [5, 5.41) is 3.50. The van der Waals surface area contributed by atoms with Crippen LogP contribution in [-0.4, -0.2) is 9.55 Å². The van der Waals surface area contributed by atoms with E-state index < -0.39 is 5.41 Å². The van der Waals surface area contributed by atoms with Gasteiger partial charge in [0.25, 0.3) is 0 Å². The van der Waals surface area contributed by atoms with Crippen LogP contribution in [0.25, 0.3) is 61.2 Å². The van der Waals surface area contributed by atoms with Crippen LogP contribution in [0.3, 0.4) is 0 Å². The Morgan fingerprint density at radius 1 is 0.681 bits per heavy atom. The van der Waals surface area contributed by atoms with Gasteiger partial charge >= 0.3 is 0 Å². The van der Waals surface area contributed by atoms with Crippen LogP contribution in [0, 0.1) is 0 Å². The molecule has 0 atom stereocenters. The molecule has 10 rings (SSSR count). The molecule has 0 saturated heterocycles. The predicted molar refractivity (Wildman–Crippen MR) is 196 cm³/mol. The largest absolute Gasteiger partial charge is 0.396 e. The first kappa shape index (κ1) is 26.1. The maximum absolute atomic E-state index is 6.60. The number of allylic oxidation sites excluding steroid dienone is 2. The topological polar surface area (TPSA) is 43.8 Å². The van der Waals surface area contributed by atoms with Gasteiger partial charge in [0.1, 0.15) is 0 Å². The van der Waals surface area contributed by atoms with E-state index >= 15 is 0 Å². The number of fused-ring (bicyclic) bond motifs is 13. The average Bonchev–Trinajstić information content (AvgIpc) is 3.62. The number of para-hydroxylation sites is 2. The van der Waals surface area contributed by atoms with Crippen molar-refractivity contribution in [3.63, 3.8) is 0 Å². The van der Waals surface area contributed by atoms with Crippen LogP contribution in [0.4, 0.5) is 5.69 Å². The quantitative estimate of drug-likeness (QED) is 0.162. The molecule has 2 aliphatic rings. The summed E-state index contributed by atoms with van der Waals surface area (Å²) in [6, 6.07) is 48.5. The van der Waals surface area contributed by atoms with Crippen molar-refractivity contribution < 1.29 is 0 Å². The second kappa shape index (κ2) is 9.41. The zero-order valence-electron chi connectivity index (χ0n) is 25.6. The van der Waals surface area contributed by atoms with E-state index in [0.717, 1.165) is 27.6 Å². The lowest BCUT2D eigenvalue weighted by Gasteiger charge is -2.39. The van der Waals surface area contributed by atoms with Crippen molar-refractivity contribution in [3.05, 3.63) is 186 Å². The van der Waals surface area contributed by atoms with Crippen LogP contribution in [0.2, 0.25) is 0 Å².